The first-order valence-electron chi connectivity index (χ1n) is 4.63. The van der Waals surface area contributed by atoms with Crippen LogP contribution in [0.2, 0.25) is 0 Å². The van der Waals surface area contributed by atoms with Crippen LogP contribution >= 0.6 is 11.3 Å². The molecule has 0 unspecified atom stereocenters. The van der Waals surface area contributed by atoms with Crippen LogP contribution < -0.4 is 5.73 Å². The lowest BCUT2D eigenvalue weighted by Crippen LogP contribution is -1.87. The average molecular weight is 234 g/mol. The SMILES string of the molecule is Nc1nnc(CO/N=C/c2ccccc2)s1. The standard InChI is InChI=1S/C10H10N4OS/c11-10-14-13-9(16-10)7-15-12-6-8-4-2-1-3-5-8/h1-6H,7H2,(H2,11,14)/b12-6+. The Balaban J connectivity index is 1.82. The highest BCUT2D eigenvalue weighted by Gasteiger charge is 1.99. The highest BCUT2D eigenvalue weighted by Crippen LogP contribution is 2.11. The summed E-state index contributed by atoms with van der Waals surface area (Å²) in [5, 5.41) is 12.4. The summed E-state index contributed by atoms with van der Waals surface area (Å²) in [7, 11) is 0. The van der Waals surface area contributed by atoms with E-state index in [1.54, 1.807) is 6.21 Å². The number of hydrogen-bond donors (Lipinski definition) is 1. The number of nitrogens with zero attached hydrogens (tertiary/aromatic N) is 3. The predicted octanol–water partition coefficient (Wildman–Crippen LogP) is 1.67. The molecular formula is C10H10N4OS. The summed E-state index contributed by atoms with van der Waals surface area (Å²) in [4.78, 5) is 5.06. The van der Waals surface area contributed by atoms with E-state index < -0.39 is 0 Å². The number of benzene rings is 1. The van der Waals surface area contributed by atoms with Gasteiger partial charge in [-0.05, 0) is 5.56 Å². The summed E-state index contributed by atoms with van der Waals surface area (Å²) < 4.78 is 0. The summed E-state index contributed by atoms with van der Waals surface area (Å²) >= 11 is 1.29. The van der Waals surface area contributed by atoms with Crippen molar-refractivity contribution in [2.75, 3.05) is 5.73 Å². The van der Waals surface area contributed by atoms with Gasteiger partial charge in [-0.3, -0.25) is 0 Å². The lowest BCUT2D eigenvalue weighted by Gasteiger charge is -1.93. The van der Waals surface area contributed by atoms with Gasteiger partial charge in [0.2, 0.25) is 5.13 Å². The molecule has 0 aliphatic carbocycles. The third-order valence-electron chi connectivity index (χ3n) is 1.75. The number of hydrogen-bond acceptors (Lipinski definition) is 6. The molecule has 2 N–H and O–H groups in total. The molecule has 1 heterocycles. The van der Waals surface area contributed by atoms with Crippen LogP contribution in [0.5, 0.6) is 0 Å². The van der Waals surface area contributed by atoms with Gasteiger partial charge in [-0.15, -0.1) is 10.2 Å². The van der Waals surface area contributed by atoms with E-state index in [1.165, 1.54) is 11.3 Å². The molecule has 0 spiro atoms. The number of anilines is 1. The monoisotopic (exact) mass is 234 g/mol. The van der Waals surface area contributed by atoms with Gasteiger partial charge in [0.25, 0.3) is 0 Å². The third kappa shape index (κ3) is 3.03. The molecule has 1 aromatic carbocycles. The first-order chi connectivity index (χ1) is 7.84. The molecule has 0 fully saturated rings. The van der Waals surface area contributed by atoms with Crippen molar-refractivity contribution in [3.63, 3.8) is 0 Å². The molecule has 82 valence electrons. The quantitative estimate of drug-likeness (QED) is 0.645. The van der Waals surface area contributed by atoms with Gasteiger partial charge < -0.3 is 10.6 Å². The normalized spacial score (nSPS) is 10.8. The molecule has 1 aromatic heterocycles. The molecular weight excluding hydrogens is 224 g/mol. The first-order valence-corrected chi connectivity index (χ1v) is 5.44. The number of aromatic nitrogens is 2. The zero-order valence-corrected chi connectivity index (χ0v) is 9.22. The largest absolute Gasteiger partial charge is 0.388 e. The van der Waals surface area contributed by atoms with E-state index in [4.69, 9.17) is 10.6 Å². The smallest absolute Gasteiger partial charge is 0.203 e. The van der Waals surface area contributed by atoms with Crippen LogP contribution in [0.4, 0.5) is 5.13 Å². The van der Waals surface area contributed by atoms with E-state index in [0.717, 1.165) is 5.56 Å². The summed E-state index contributed by atoms with van der Waals surface area (Å²) in [6, 6.07) is 9.70. The van der Waals surface area contributed by atoms with Crippen molar-refractivity contribution in [2.24, 2.45) is 5.16 Å². The lowest BCUT2D eigenvalue weighted by atomic mass is 10.2. The van der Waals surface area contributed by atoms with Crippen LogP contribution in [-0.2, 0) is 11.4 Å². The Morgan fingerprint density at radius 2 is 2.12 bits per heavy atom. The molecule has 0 aliphatic heterocycles. The molecule has 0 amide bonds. The molecule has 0 saturated carbocycles. The van der Waals surface area contributed by atoms with Crippen molar-refractivity contribution in [1.82, 2.24) is 10.2 Å². The van der Waals surface area contributed by atoms with Crippen molar-refractivity contribution in [3.8, 4) is 0 Å². The van der Waals surface area contributed by atoms with Crippen LogP contribution in [0.25, 0.3) is 0 Å². The van der Waals surface area contributed by atoms with Crippen LogP contribution in [0.1, 0.15) is 10.6 Å². The van der Waals surface area contributed by atoms with Crippen molar-refractivity contribution in [1.29, 1.82) is 0 Å². The van der Waals surface area contributed by atoms with E-state index >= 15 is 0 Å². The molecule has 0 atom stereocenters. The molecule has 2 rings (SSSR count). The maximum absolute atomic E-state index is 5.42. The molecule has 0 bridgehead atoms. The Morgan fingerprint density at radius 1 is 1.31 bits per heavy atom. The topological polar surface area (TPSA) is 73.4 Å². The lowest BCUT2D eigenvalue weighted by molar-refractivity contribution is 0.131. The van der Waals surface area contributed by atoms with Crippen molar-refractivity contribution in [3.05, 3.63) is 40.9 Å². The Kier molecular flexibility index (Phi) is 3.45. The van der Waals surface area contributed by atoms with Crippen LogP contribution in [0.15, 0.2) is 35.5 Å². The Bertz CT molecular complexity index is 469. The van der Waals surface area contributed by atoms with E-state index in [0.29, 0.717) is 10.1 Å². The fourth-order valence-electron chi connectivity index (χ4n) is 1.05. The Labute approximate surface area is 96.6 Å². The number of rotatable bonds is 4. The minimum atomic E-state index is 0.290. The third-order valence-corrected chi connectivity index (χ3v) is 2.47. The van der Waals surface area contributed by atoms with E-state index in [1.807, 2.05) is 30.3 Å². The van der Waals surface area contributed by atoms with Gasteiger partial charge in [-0.25, -0.2) is 0 Å². The van der Waals surface area contributed by atoms with Gasteiger partial charge in [-0.1, -0.05) is 46.8 Å². The van der Waals surface area contributed by atoms with Gasteiger partial charge in [0, 0.05) is 0 Å². The van der Waals surface area contributed by atoms with Gasteiger partial charge in [0.05, 0.1) is 6.21 Å². The Hall–Kier alpha value is -1.95. The maximum Gasteiger partial charge on any atom is 0.203 e. The molecule has 0 aliphatic rings. The second-order valence-electron chi connectivity index (χ2n) is 2.95. The first kappa shape index (κ1) is 10.6. The number of nitrogen functional groups attached to an aromatic ring is 1. The van der Waals surface area contributed by atoms with E-state index in [-0.39, 0.29) is 6.61 Å². The maximum atomic E-state index is 5.42. The van der Waals surface area contributed by atoms with Crippen LogP contribution in [-0.4, -0.2) is 16.4 Å². The summed E-state index contributed by atoms with van der Waals surface area (Å²) in [6.07, 6.45) is 1.64. The minimum Gasteiger partial charge on any atom is -0.388 e. The molecule has 2 aromatic rings. The molecule has 5 nitrogen and oxygen atoms in total. The summed E-state index contributed by atoms with van der Waals surface area (Å²) in [5.41, 5.74) is 6.41. The fourth-order valence-corrected chi connectivity index (χ4v) is 1.57. The Morgan fingerprint density at radius 3 is 2.81 bits per heavy atom. The highest BCUT2D eigenvalue weighted by molar-refractivity contribution is 7.15. The number of nitrogens with two attached hydrogens (primary N) is 1. The summed E-state index contributed by atoms with van der Waals surface area (Å²) in [5.74, 6) is 0. The molecule has 16 heavy (non-hydrogen) atoms. The minimum absolute atomic E-state index is 0.290. The van der Waals surface area contributed by atoms with Gasteiger partial charge in [-0.2, -0.15) is 0 Å². The summed E-state index contributed by atoms with van der Waals surface area (Å²) in [6.45, 7) is 0.290. The zero-order chi connectivity index (χ0) is 11.2. The predicted molar refractivity (Wildman–Crippen MR) is 63.1 cm³/mol. The molecule has 0 saturated heterocycles. The second-order valence-corrected chi connectivity index (χ2v) is 4.05. The molecule has 6 heteroatoms. The van der Waals surface area contributed by atoms with Crippen molar-refractivity contribution in [2.45, 2.75) is 6.61 Å². The fraction of sp³-hybridized carbons (Fsp3) is 0.100. The van der Waals surface area contributed by atoms with E-state index in [2.05, 4.69) is 15.4 Å². The van der Waals surface area contributed by atoms with Crippen molar-refractivity contribution >= 4 is 22.7 Å². The molecule has 0 radical (unpaired) electrons. The second kappa shape index (κ2) is 5.22. The average Bonchev–Trinajstić information content (AvgIpc) is 2.72. The van der Waals surface area contributed by atoms with Gasteiger partial charge in [0.15, 0.2) is 11.6 Å². The van der Waals surface area contributed by atoms with E-state index in [9.17, 15) is 0 Å². The van der Waals surface area contributed by atoms with Gasteiger partial charge in [0.1, 0.15) is 0 Å². The number of oxime groups is 1. The van der Waals surface area contributed by atoms with Crippen LogP contribution in [0.3, 0.4) is 0 Å². The van der Waals surface area contributed by atoms with Crippen LogP contribution in [0, 0.1) is 0 Å². The highest BCUT2D eigenvalue weighted by atomic mass is 32.1. The van der Waals surface area contributed by atoms with Gasteiger partial charge >= 0.3 is 0 Å². The zero-order valence-electron chi connectivity index (χ0n) is 8.41. The van der Waals surface area contributed by atoms with Crippen molar-refractivity contribution < 1.29 is 4.84 Å².